The molecule has 2 atom stereocenters. The molecule has 2 heterocycles. The van der Waals surface area contributed by atoms with E-state index in [1.54, 1.807) is 0 Å². The Labute approximate surface area is 146 Å². The molecular weight excluding hydrogens is 322 g/mol. The standard InChI is InChI=1S/C18H23N3O4/c1-12(22)20-16(18(23)21-25-17-8-4-5-9-24-17)10-13-11-19-15-7-3-2-6-14(13)15/h2-3,6-7,11,16-17,19H,4-5,8-10H2,1H3,(H,20,22)(H,21,23)/t16-,17-/m1/s1. The summed E-state index contributed by atoms with van der Waals surface area (Å²) in [5, 5.41) is 3.71. The number of hydrogen-bond acceptors (Lipinski definition) is 4. The number of aromatic nitrogens is 1. The molecule has 1 fully saturated rings. The molecule has 2 aromatic rings. The predicted molar refractivity (Wildman–Crippen MR) is 92.4 cm³/mol. The Hall–Kier alpha value is -2.38. The van der Waals surface area contributed by atoms with Crippen LogP contribution in [0.2, 0.25) is 0 Å². The highest BCUT2D eigenvalue weighted by atomic mass is 16.8. The molecule has 0 unspecified atom stereocenters. The Balaban J connectivity index is 1.66. The molecule has 0 bridgehead atoms. The maximum atomic E-state index is 12.5. The number of hydrogen-bond donors (Lipinski definition) is 3. The van der Waals surface area contributed by atoms with Crippen molar-refractivity contribution < 1.29 is 19.2 Å². The molecule has 7 nitrogen and oxygen atoms in total. The first-order valence-electron chi connectivity index (χ1n) is 8.52. The number of aromatic amines is 1. The Morgan fingerprint density at radius 1 is 1.36 bits per heavy atom. The Morgan fingerprint density at radius 3 is 2.96 bits per heavy atom. The van der Waals surface area contributed by atoms with Crippen molar-refractivity contribution in [1.82, 2.24) is 15.8 Å². The number of para-hydroxylation sites is 1. The van der Waals surface area contributed by atoms with E-state index in [1.807, 2.05) is 30.5 Å². The summed E-state index contributed by atoms with van der Waals surface area (Å²) < 4.78 is 5.42. The maximum absolute atomic E-state index is 12.5. The fourth-order valence-electron chi connectivity index (χ4n) is 2.97. The van der Waals surface area contributed by atoms with E-state index in [-0.39, 0.29) is 5.91 Å². The largest absolute Gasteiger partial charge is 0.361 e. The lowest BCUT2D eigenvalue weighted by molar-refractivity contribution is -0.201. The van der Waals surface area contributed by atoms with Gasteiger partial charge >= 0.3 is 0 Å². The molecule has 1 aliphatic rings. The Kier molecular flexibility index (Phi) is 5.67. The lowest BCUT2D eigenvalue weighted by Gasteiger charge is -2.24. The molecule has 1 saturated heterocycles. The van der Waals surface area contributed by atoms with E-state index in [9.17, 15) is 9.59 Å². The van der Waals surface area contributed by atoms with Gasteiger partial charge in [0.2, 0.25) is 5.91 Å². The maximum Gasteiger partial charge on any atom is 0.266 e. The molecular formula is C18H23N3O4. The number of carbonyl (C=O) groups excluding carboxylic acids is 2. The van der Waals surface area contributed by atoms with Crippen LogP contribution >= 0.6 is 0 Å². The average Bonchev–Trinajstić information content (AvgIpc) is 3.03. The number of nitrogens with one attached hydrogen (secondary N) is 3. The monoisotopic (exact) mass is 345 g/mol. The number of carbonyl (C=O) groups is 2. The molecule has 2 amide bonds. The highest BCUT2D eigenvalue weighted by molar-refractivity contribution is 5.88. The zero-order valence-electron chi connectivity index (χ0n) is 14.2. The van der Waals surface area contributed by atoms with Crippen molar-refractivity contribution in [3.63, 3.8) is 0 Å². The van der Waals surface area contributed by atoms with Crippen molar-refractivity contribution in [2.45, 2.75) is 44.9 Å². The molecule has 3 rings (SSSR count). The van der Waals surface area contributed by atoms with Gasteiger partial charge in [-0.15, -0.1) is 0 Å². The number of benzene rings is 1. The van der Waals surface area contributed by atoms with Crippen LogP contribution in [0.5, 0.6) is 0 Å². The number of rotatable bonds is 6. The molecule has 1 aromatic carbocycles. The van der Waals surface area contributed by atoms with Crippen LogP contribution in [-0.2, 0) is 25.6 Å². The highest BCUT2D eigenvalue weighted by Crippen LogP contribution is 2.19. The summed E-state index contributed by atoms with van der Waals surface area (Å²) in [5.74, 6) is -0.663. The van der Waals surface area contributed by atoms with Gasteiger partial charge in [0.05, 0.1) is 0 Å². The van der Waals surface area contributed by atoms with Crippen molar-refractivity contribution in [3.8, 4) is 0 Å². The smallest absolute Gasteiger partial charge is 0.266 e. The third-order valence-electron chi connectivity index (χ3n) is 4.22. The molecule has 0 spiro atoms. The van der Waals surface area contributed by atoms with E-state index < -0.39 is 18.2 Å². The van der Waals surface area contributed by atoms with Gasteiger partial charge < -0.3 is 15.0 Å². The van der Waals surface area contributed by atoms with E-state index >= 15 is 0 Å². The molecule has 1 aliphatic heterocycles. The van der Waals surface area contributed by atoms with E-state index in [0.29, 0.717) is 13.0 Å². The van der Waals surface area contributed by atoms with Crippen molar-refractivity contribution in [2.24, 2.45) is 0 Å². The minimum atomic E-state index is -0.722. The SMILES string of the molecule is CC(=O)N[C@H](Cc1c[nH]c2ccccc12)C(=O)NO[C@@H]1CCCCO1. The van der Waals surface area contributed by atoms with Crippen LogP contribution in [0.15, 0.2) is 30.5 Å². The lowest BCUT2D eigenvalue weighted by Crippen LogP contribution is -2.48. The van der Waals surface area contributed by atoms with Crippen molar-refractivity contribution >= 4 is 22.7 Å². The summed E-state index contributed by atoms with van der Waals surface area (Å²) in [6, 6.07) is 7.11. The lowest BCUT2D eigenvalue weighted by atomic mass is 10.0. The number of H-pyrrole nitrogens is 1. The second-order valence-corrected chi connectivity index (χ2v) is 6.20. The van der Waals surface area contributed by atoms with Crippen LogP contribution in [0.3, 0.4) is 0 Å². The molecule has 25 heavy (non-hydrogen) atoms. The van der Waals surface area contributed by atoms with E-state index in [2.05, 4.69) is 15.8 Å². The van der Waals surface area contributed by atoms with Crippen LogP contribution in [0.4, 0.5) is 0 Å². The fourth-order valence-corrected chi connectivity index (χ4v) is 2.97. The first-order valence-corrected chi connectivity index (χ1v) is 8.52. The van der Waals surface area contributed by atoms with E-state index in [4.69, 9.17) is 9.57 Å². The zero-order chi connectivity index (χ0) is 17.6. The molecule has 7 heteroatoms. The van der Waals surface area contributed by atoms with Crippen molar-refractivity contribution in [3.05, 3.63) is 36.0 Å². The number of fused-ring (bicyclic) bond motifs is 1. The molecule has 0 radical (unpaired) electrons. The first kappa shape index (κ1) is 17.4. The molecule has 0 aliphatic carbocycles. The van der Waals surface area contributed by atoms with Gasteiger partial charge in [-0.3, -0.25) is 9.59 Å². The molecule has 0 saturated carbocycles. The first-order chi connectivity index (χ1) is 12.1. The molecule has 134 valence electrons. The topological polar surface area (TPSA) is 92.5 Å². The van der Waals surface area contributed by atoms with Gasteiger partial charge in [-0.2, -0.15) is 0 Å². The fraction of sp³-hybridized carbons (Fsp3) is 0.444. The van der Waals surface area contributed by atoms with Crippen LogP contribution in [0.25, 0.3) is 10.9 Å². The summed E-state index contributed by atoms with van der Waals surface area (Å²) in [5.41, 5.74) is 4.38. The minimum absolute atomic E-state index is 0.270. The quantitative estimate of drug-likeness (QED) is 0.696. The summed E-state index contributed by atoms with van der Waals surface area (Å²) >= 11 is 0. The third kappa shape index (κ3) is 4.58. The van der Waals surface area contributed by atoms with Gasteiger partial charge in [-0.1, -0.05) is 18.2 Å². The third-order valence-corrected chi connectivity index (χ3v) is 4.22. The summed E-state index contributed by atoms with van der Waals surface area (Å²) in [4.78, 5) is 32.5. The minimum Gasteiger partial charge on any atom is -0.361 e. The van der Waals surface area contributed by atoms with Crippen molar-refractivity contribution in [2.75, 3.05) is 6.61 Å². The van der Waals surface area contributed by atoms with E-state index in [1.165, 1.54) is 6.92 Å². The average molecular weight is 345 g/mol. The van der Waals surface area contributed by atoms with Crippen LogP contribution in [0, 0.1) is 0 Å². The van der Waals surface area contributed by atoms with Gasteiger partial charge in [0.25, 0.3) is 5.91 Å². The number of hydroxylamine groups is 1. The highest BCUT2D eigenvalue weighted by Gasteiger charge is 2.23. The Bertz CT molecular complexity index is 737. The summed E-state index contributed by atoms with van der Waals surface area (Å²) in [6.45, 7) is 2.02. The van der Waals surface area contributed by atoms with Gasteiger partial charge in [-0.25, -0.2) is 10.3 Å². The number of ether oxygens (including phenoxy) is 1. The van der Waals surface area contributed by atoms with Gasteiger partial charge in [-0.05, 0) is 24.5 Å². The van der Waals surface area contributed by atoms with Gasteiger partial charge in [0.15, 0.2) is 6.29 Å². The second kappa shape index (κ2) is 8.13. The summed E-state index contributed by atoms with van der Waals surface area (Å²) in [6.07, 6.45) is 4.55. The van der Waals surface area contributed by atoms with Crippen molar-refractivity contribution in [1.29, 1.82) is 0 Å². The normalized spacial score (nSPS) is 18.7. The second-order valence-electron chi connectivity index (χ2n) is 6.20. The van der Waals surface area contributed by atoms with Crippen LogP contribution in [0.1, 0.15) is 31.7 Å². The van der Waals surface area contributed by atoms with Gasteiger partial charge in [0.1, 0.15) is 6.04 Å². The summed E-state index contributed by atoms with van der Waals surface area (Å²) in [7, 11) is 0. The van der Waals surface area contributed by atoms with E-state index in [0.717, 1.165) is 35.7 Å². The molecule has 1 aromatic heterocycles. The van der Waals surface area contributed by atoms with Crippen LogP contribution < -0.4 is 10.8 Å². The predicted octanol–water partition coefficient (Wildman–Crippen LogP) is 1.79. The zero-order valence-corrected chi connectivity index (χ0v) is 14.2. The number of amides is 2. The Morgan fingerprint density at radius 2 is 2.20 bits per heavy atom. The van der Waals surface area contributed by atoms with Gasteiger partial charge in [0, 0.05) is 43.5 Å². The molecule has 3 N–H and O–H groups in total. The van der Waals surface area contributed by atoms with Crippen LogP contribution in [-0.4, -0.2) is 35.7 Å².